The van der Waals surface area contributed by atoms with Gasteiger partial charge in [-0.2, -0.15) is 0 Å². The second kappa shape index (κ2) is 8.05. The van der Waals surface area contributed by atoms with Gasteiger partial charge in [0.1, 0.15) is 23.9 Å². The van der Waals surface area contributed by atoms with Crippen molar-refractivity contribution in [3.63, 3.8) is 0 Å². The number of thiophene rings is 1. The predicted molar refractivity (Wildman–Crippen MR) is 110 cm³/mol. The number of fused-ring (bicyclic) bond motifs is 1. The number of hydrogen-bond donors (Lipinski definition) is 1. The fraction of sp³-hybridized carbons (Fsp3) is 0.182. The van der Waals surface area contributed by atoms with Crippen molar-refractivity contribution in [1.29, 1.82) is 0 Å². The van der Waals surface area contributed by atoms with Crippen LogP contribution in [0.2, 0.25) is 0 Å². The van der Waals surface area contributed by atoms with E-state index >= 15 is 0 Å². The number of carbonyl (C=O) groups is 1. The molecule has 5 nitrogen and oxygen atoms in total. The van der Waals surface area contributed by atoms with Crippen molar-refractivity contribution in [3.05, 3.63) is 81.8 Å². The second-order valence-electron chi connectivity index (χ2n) is 6.61. The summed E-state index contributed by atoms with van der Waals surface area (Å²) in [4.78, 5) is 13.4. The van der Waals surface area contributed by atoms with Crippen LogP contribution in [0.3, 0.4) is 0 Å². The van der Waals surface area contributed by atoms with Gasteiger partial charge in [-0.05, 0) is 38.1 Å². The average molecular weight is 410 g/mol. The van der Waals surface area contributed by atoms with Gasteiger partial charge in [-0.1, -0.05) is 29.4 Å². The number of carbonyl (C=O) groups excluding carboxylic acids is 1. The Kier molecular flexibility index (Phi) is 5.31. The van der Waals surface area contributed by atoms with Crippen LogP contribution in [-0.4, -0.2) is 11.1 Å². The van der Waals surface area contributed by atoms with Crippen molar-refractivity contribution in [3.8, 4) is 5.75 Å². The van der Waals surface area contributed by atoms with Crippen LogP contribution in [0, 0.1) is 19.7 Å². The number of rotatable bonds is 6. The number of ether oxygens (including phenoxy) is 1. The zero-order chi connectivity index (χ0) is 20.4. The molecule has 0 atom stereocenters. The van der Waals surface area contributed by atoms with E-state index in [9.17, 15) is 9.18 Å². The highest BCUT2D eigenvalue weighted by atomic mass is 32.1. The SMILES string of the molecule is Cc1noc(C)c1CNC(=O)c1sc2cccc(F)c2c1COc1ccccc1. The molecule has 29 heavy (non-hydrogen) atoms. The molecule has 7 heteroatoms. The number of hydrogen-bond acceptors (Lipinski definition) is 5. The number of aromatic nitrogens is 1. The zero-order valence-corrected chi connectivity index (χ0v) is 16.8. The fourth-order valence-electron chi connectivity index (χ4n) is 3.16. The topological polar surface area (TPSA) is 64.4 Å². The molecule has 0 saturated heterocycles. The van der Waals surface area contributed by atoms with Crippen molar-refractivity contribution in [2.75, 3.05) is 0 Å². The lowest BCUT2D eigenvalue weighted by Gasteiger charge is -2.09. The molecule has 1 N–H and O–H groups in total. The smallest absolute Gasteiger partial charge is 0.262 e. The summed E-state index contributed by atoms with van der Waals surface area (Å²) in [6, 6.07) is 14.1. The Morgan fingerprint density at radius 3 is 2.66 bits per heavy atom. The van der Waals surface area contributed by atoms with Crippen LogP contribution < -0.4 is 10.1 Å². The number of aryl methyl sites for hydroxylation is 2. The molecule has 0 saturated carbocycles. The number of para-hydroxylation sites is 1. The molecule has 0 aliphatic carbocycles. The summed E-state index contributed by atoms with van der Waals surface area (Å²) in [5.74, 6) is 0.676. The molecule has 4 rings (SSSR count). The third-order valence-electron chi connectivity index (χ3n) is 4.70. The van der Waals surface area contributed by atoms with Crippen LogP contribution in [0.4, 0.5) is 4.39 Å². The Labute approximate surface area is 171 Å². The van der Waals surface area contributed by atoms with Gasteiger partial charge in [0.15, 0.2) is 0 Å². The molecular formula is C22H19FN2O3S. The molecule has 0 spiro atoms. The molecule has 0 aliphatic rings. The Morgan fingerprint density at radius 2 is 1.93 bits per heavy atom. The van der Waals surface area contributed by atoms with E-state index in [-0.39, 0.29) is 24.9 Å². The lowest BCUT2D eigenvalue weighted by Crippen LogP contribution is -2.23. The Bertz CT molecular complexity index is 1150. The highest BCUT2D eigenvalue weighted by Crippen LogP contribution is 2.34. The van der Waals surface area contributed by atoms with E-state index in [1.807, 2.05) is 37.3 Å². The minimum absolute atomic E-state index is 0.0963. The molecule has 2 aromatic carbocycles. The van der Waals surface area contributed by atoms with E-state index in [4.69, 9.17) is 9.26 Å². The summed E-state index contributed by atoms with van der Waals surface area (Å²) in [7, 11) is 0. The molecule has 0 radical (unpaired) electrons. The number of benzene rings is 2. The number of amides is 1. The maximum absolute atomic E-state index is 14.6. The molecule has 2 heterocycles. The molecule has 4 aromatic rings. The second-order valence-corrected chi connectivity index (χ2v) is 7.66. The van der Waals surface area contributed by atoms with Gasteiger partial charge in [0.05, 0.1) is 10.6 Å². The number of nitrogens with zero attached hydrogens (tertiary/aromatic N) is 1. The van der Waals surface area contributed by atoms with Crippen LogP contribution in [-0.2, 0) is 13.2 Å². The zero-order valence-electron chi connectivity index (χ0n) is 16.0. The third kappa shape index (κ3) is 3.86. The van der Waals surface area contributed by atoms with Crippen molar-refractivity contribution in [2.24, 2.45) is 0 Å². The molecule has 2 aromatic heterocycles. The summed E-state index contributed by atoms with van der Waals surface area (Å²) >= 11 is 1.26. The van der Waals surface area contributed by atoms with E-state index < -0.39 is 0 Å². The monoisotopic (exact) mass is 410 g/mol. The van der Waals surface area contributed by atoms with Crippen molar-refractivity contribution < 1.29 is 18.4 Å². The van der Waals surface area contributed by atoms with Gasteiger partial charge in [-0.15, -0.1) is 11.3 Å². The minimum atomic E-state index is -0.366. The lowest BCUT2D eigenvalue weighted by molar-refractivity contribution is 0.0952. The van der Waals surface area contributed by atoms with Gasteiger partial charge in [-0.3, -0.25) is 4.79 Å². The number of halogens is 1. The Morgan fingerprint density at radius 1 is 1.14 bits per heavy atom. The first kappa shape index (κ1) is 19.1. The molecule has 0 fully saturated rings. The first-order valence-electron chi connectivity index (χ1n) is 9.12. The van der Waals surface area contributed by atoms with Crippen LogP contribution in [0.1, 0.15) is 32.3 Å². The van der Waals surface area contributed by atoms with Crippen LogP contribution in [0.15, 0.2) is 53.1 Å². The summed E-state index contributed by atoms with van der Waals surface area (Å²) < 4.78 is 26.2. The molecule has 148 valence electrons. The Hall–Kier alpha value is -3.19. The van der Waals surface area contributed by atoms with E-state index in [0.29, 0.717) is 32.0 Å². The molecule has 0 aliphatic heterocycles. The predicted octanol–water partition coefficient (Wildman–Crippen LogP) is 5.15. The largest absolute Gasteiger partial charge is 0.489 e. The molecular weight excluding hydrogens is 391 g/mol. The Balaban J connectivity index is 1.64. The van der Waals surface area contributed by atoms with Gasteiger partial charge >= 0.3 is 0 Å². The maximum atomic E-state index is 14.6. The van der Waals surface area contributed by atoms with Crippen LogP contribution >= 0.6 is 11.3 Å². The quantitative estimate of drug-likeness (QED) is 0.477. The summed E-state index contributed by atoms with van der Waals surface area (Å²) in [6.45, 7) is 4.01. The van der Waals surface area contributed by atoms with Gasteiger partial charge in [0.2, 0.25) is 0 Å². The van der Waals surface area contributed by atoms with E-state index in [1.54, 1.807) is 19.1 Å². The highest BCUT2D eigenvalue weighted by Gasteiger charge is 2.22. The van der Waals surface area contributed by atoms with E-state index in [1.165, 1.54) is 17.4 Å². The fourth-order valence-corrected chi connectivity index (χ4v) is 4.30. The van der Waals surface area contributed by atoms with Crippen LogP contribution in [0.5, 0.6) is 5.75 Å². The highest BCUT2D eigenvalue weighted by molar-refractivity contribution is 7.21. The lowest BCUT2D eigenvalue weighted by atomic mass is 10.1. The molecule has 0 bridgehead atoms. The van der Waals surface area contributed by atoms with Gasteiger partial charge in [-0.25, -0.2) is 4.39 Å². The first-order valence-corrected chi connectivity index (χ1v) is 9.94. The molecule has 1 amide bonds. The summed E-state index contributed by atoms with van der Waals surface area (Å²) in [5, 5.41) is 7.22. The van der Waals surface area contributed by atoms with Gasteiger partial charge in [0.25, 0.3) is 5.91 Å². The van der Waals surface area contributed by atoms with Crippen LogP contribution in [0.25, 0.3) is 10.1 Å². The normalized spacial score (nSPS) is 11.0. The van der Waals surface area contributed by atoms with Gasteiger partial charge in [0, 0.05) is 27.8 Å². The van der Waals surface area contributed by atoms with E-state index in [2.05, 4.69) is 10.5 Å². The summed E-state index contributed by atoms with van der Waals surface area (Å²) in [6.07, 6.45) is 0. The minimum Gasteiger partial charge on any atom is -0.489 e. The average Bonchev–Trinajstić information content (AvgIpc) is 3.26. The first-order chi connectivity index (χ1) is 14.0. The summed E-state index contributed by atoms with van der Waals surface area (Å²) in [5.41, 5.74) is 2.12. The molecule has 0 unspecified atom stereocenters. The number of nitrogens with one attached hydrogen (secondary N) is 1. The van der Waals surface area contributed by atoms with Crippen molar-refractivity contribution in [2.45, 2.75) is 27.0 Å². The maximum Gasteiger partial charge on any atom is 0.262 e. The standard InChI is InChI=1S/C22H19FN2O3S/c1-13-16(14(2)28-25-13)11-24-22(26)21-17(12-27-15-7-4-3-5-8-15)20-18(23)9-6-10-19(20)29-21/h3-10H,11-12H2,1-2H3,(H,24,26). The van der Waals surface area contributed by atoms with Crippen molar-refractivity contribution >= 4 is 27.3 Å². The third-order valence-corrected chi connectivity index (χ3v) is 5.90. The van der Waals surface area contributed by atoms with E-state index in [0.717, 1.165) is 11.3 Å². The van der Waals surface area contributed by atoms with Crippen molar-refractivity contribution in [1.82, 2.24) is 10.5 Å². The van der Waals surface area contributed by atoms with Gasteiger partial charge < -0.3 is 14.6 Å².